The zero-order chi connectivity index (χ0) is 12.3. The molecule has 1 rings (SSSR count). The standard InChI is InChI=1S/C11H16N2O3/c1-4-7(14)6-5-8(15-2)11(16-3)10(13)9(6)12/h5H,4,12-13H2,1-3H3. The number of Topliss-reactive ketones (excluding diaryl/α,β-unsaturated/α-hetero) is 1. The van der Waals surface area contributed by atoms with E-state index in [9.17, 15) is 4.79 Å². The van der Waals surface area contributed by atoms with Crippen LogP contribution in [-0.4, -0.2) is 20.0 Å². The second-order valence-electron chi connectivity index (χ2n) is 3.26. The number of ether oxygens (including phenoxy) is 2. The van der Waals surface area contributed by atoms with Gasteiger partial charge in [-0.05, 0) is 6.07 Å². The number of nitrogen functional groups attached to an aromatic ring is 2. The number of benzene rings is 1. The van der Waals surface area contributed by atoms with Gasteiger partial charge >= 0.3 is 0 Å². The van der Waals surface area contributed by atoms with Crippen LogP contribution in [0.1, 0.15) is 23.7 Å². The van der Waals surface area contributed by atoms with Gasteiger partial charge in [-0.15, -0.1) is 0 Å². The van der Waals surface area contributed by atoms with E-state index in [4.69, 9.17) is 20.9 Å². The van der Waals surface area contributed by atoms with Crippen LogP contribution in [0, 0.1) is 0 Å². The zero-order valence-corrected chi connectivity index (χ0v) is 9.66. The van der Waals surface area contributed by atoms with Gasteiger partial charge < -0.3 is 20.9 Å². The van der Waals surface area contributed by atoms with Gasteiger partial charge in [0, 0.05) is 12.0 Å². The van der Waals surface area contributed by atoms with E-state index in [0.29, 0.717) is 23.5 Å². The average molecular weight is 224 g/mol. The lowest BCUT2D eigenvalue weighted by Gasteiger charge is -2.14. The van der Waals surface area contributed by atoms with E-state index in [2.05, 4.69) is 0 Å². The summed E-state index contributed by atoms with van der Waals surface area (Å²) in [5.74, 6) is 0.684. The molecule has 0 unspecified atom stereocenters. The van der Waals surface area contributed by atoms with Gasteiger partial charge in [0.15, 0.2) is 17.3 Å². The molecule has 88 valence electrons. The molecule has 0 heterocycles. The van der Waals surface area contributed by atoms with E-state index in [0.717, 1.165) is 0 Å². The van der Waals surface area contributed by atoms with E-state index in [1.54, 1.807) is 13.0 Å². The molecule has 0 fully saturated rings. The smallest absolute Gasteiger partial charge is 0.185 e. The van der Waals surface area contributed by atoms with Gasteiger partial charge in [0.1, 0.15) is 5.69 Å². The van der Waals surface area contributed by atoms with Crippen molar-refractivity contribution in [3.63, 3.8) is 0 Å². The first-order chi connectivity index (χ1) is 7.56. The Morgan fingerprint density at radius 1 is 1.25 bits per heavy atom. The lowest BCUT2D eigenvalue weighted by molar-refractivity contribution is 0.0988. The van der Waals surface area contributed by atoms with E-state index < -0.39 is 0 Å². The van der Waals surface area contributed by atoms with E-state index in [-0.39, 0.29) is 17.2 Å². The summed E-state index contributed by atoms with van der Waals surface area (Å²) in [4.78, 5) is 11.6. The number of methoxy groups -OCH3 is 2. The summed E-state index contributed by atoms with van der Waals surface area (Å²) >= 11 is 0. The fourth-order valence-corrected chi connectivity index (χ4v) is 1.46. The van der Waals surface area contributed by atoms with Crippen molar-refractivity contribution in [2.75, 3.05) is 25.7 Å². The topological polar surface area (TPSA) is 87.6 Å². The summed E-state index contributed by atoms with van der Waals surface area (Å²) in [5, 5.41) is 0. The molecule has 0 atom stereocenters. The van der Waals surface area contributed by atoms with Gasteiger partial charge in [-0.2, -0.15) is 0 Å². The Morgan fingerprint density at radius 3 is 2.31 bits per heavy atom. The Balaban J connectivity index is 3.44. The Bertz CT molecular complexity index is 416. The van der Waals surface area contributed by atoms with Crippen molar-refractivity contribution < 1.29 is 14.3 Å². The minimum absolute atomic E-state index is 0.0786. The number of anilines is 2. The van der Waals surface area contributed by atoms with Crippen molar-refractivity contribution >= 4 is 17.2 Å². The van der Waals surface area contributed by atoms with E-state index in [1.807, 2.05) is 0 Å². The molecule has 16 heavy (non-hydrogen) atoms. The SMILES string of the molecule is CCC(=O)c1cc(OC)c(OC)c(N)c1N. The minimum atomic E-state index is -0.0786. The summed E-state index contributed by atoms with van der Waals surface area (Å²) in [6, 6.07) is 1.55. The maximum atomic E-state index is 11.6. The number of carbonyl (C=O) groups excluding carboxylic acids is 1. The third kappa shape index (κ3) is 1.88. The second-order valence-corrected chi connectivity index (χ2v) is 3.26. The molecule has 5 heteroatoms. The number of ketones is 1. The van der Waals surface area contributed by atoms with Crippen LogP contribution in [0.2, 0.25) is 0 Å². The van der Waals surface area contributed by atoms with Crippen molar-refractivity contribution in [3.05, 3.63) is 11.6 Å². The van der Waals surface area contributed by atoms with E-state index in [1.165, 1.54) is 14.2 Å². The van der Waals surface area contributed by atoms with Gasteiger partial charge in [-0.1, -0.05) is 6.92 Å². The highest BCUT2D eigenvalue weighted by Gasteiger charge is 2.18. The Labute approximate surface area is 94.3 Å². The minimum Gasteiger partial charge on any atom is -0.493 e. The predicted octanol–water partition coefficient (Wildman–Crippen LogP) is 1.46. The highest BCUT2D eigenvalue weighted by molar-refractivity contribution is 6.04. The molecule has 0 saturated heterocycles. The molecule has 4 N–H and O–H groups in total. The Morgan fingerprint density at radius 2 is 1.88 bits per heavy atom. The van der Waals surface area contributed by atoms with Crippen LogP contribution in [0.4, 0.5) is 11.4 Å². The highest BCUT2D eigenvalue weighted by atomic mass is 16.5. The largest absolute Gasteiger partial charge is 0.493 e. The molecule has 1 aromatic carbocycles. The lowest BCUT2D eigenvalue weighted by atomic mass is 10.0. The van der Waals surface area contributed by atoms with Crippen LogP contribution >= 0.6 is 0 Å². The van der Waals surface area contributed by atoms with Crippen molar-refractivity contribution in [1.82, 2.24) is 0 Å². The average Bonchev–Trinajstić information content (AvgIpc) is 2.31. The lowest BCUT2D eigenvalue weighted by Crippen LogP contribution is -2.08. The molecule has 5 nitrogen and oxygen atoms in total. The third-order valence-electron chi connectivity index (χ3n) is 2.37. The molecule has 0 bridgehead atoms. The van der Waals surface area contributed by atoms with Crippen LogP contribution in [0.15, 0.2) is 6.07 Å². The molecule has 0 saturated carbocycles. The fourth-order valence-electron chi connectivity index (χ4n) is 1.46. The van der Waals surface area contributed by atoms with Crippen molar-refractivity contribution in [2.24, 2.45) is 0 Å². The molecule has 0 aliphatic rings. The maximum absolute atomic E-state index is 11.6. The van der Waals surface area contributed by atoms with Crippen LogP contribution in [0.5, 0.6) is 11.5 Å². The highest BCUT2D eigenvalue weighted by Crippen LogP contribution is 2.40. The van der Waals surface area contributed by atoms with E-state index >= 15 is 0 Å². The third-order valence-corrected chi connectivity index (χ3v) is 2.37. The Hall–Kier alpha value is -1.91. The van der Waals surface area contributed by atoms with Gasteiger partial charge in [0.05, 0.1) is 19.9 Å². The number of nitrogens with two attached hydrogens (primary N) is 2. The predicted molar refractivity (Wildman–Crippen MR) is 63.0 cm³/mol. The summed E-state index contributed by atoms with van der Waals surface area (Å²) in [6.07, 6.45) is 0.360. The van der Waals surface area contributed by atoms with Gasteiger partial charge in [0.25, 0.3) is 0 Å². The number of hydrogen-bond acceptors (Lipinski definition) is 5. The fraction of sp³-hybridized carbons (Fsp3) is 0.364. The number of hydrogen-bond donors (Lipinski definition) is 2. The maximum Gasteiger partial charge on any atom is 0.185 e. The molecule has 0 aromatic heterocycles. The van der Waals surface area contributed by atoms with Crippen molar-refractivity contribution in [2.45, 2.75) is 13.3 Å². The first kappa shape index (κ1) is 12.2. The van der Waals surface area contributed by atoms with Crippen LogP contribution < -0.4 is 20.9 Å². The molecular formula is C11H16N2O3. The number of rotatable bonds is 4. The van der Waals surface area contributed by atoms with Gasteiger partial charge in [-0.25, -0.2) is 0 Å². The summed E-state index contributed by atoms with van der Waals surface area (Å²) in [5.41, 5.74) is 12.4. The first-order valence-electron chi connectivity index (χ1n) is 4.89. The molecule has 0 amide bonds. The second kappa shape index (κ2) is 4.74. The molecule has 0 radical (unpaired) electrons. The summed E-state index contributed by atoms with van der Waals surface area (Å²) < 4.78 is 10.2. The van der Waals surface area contributed by atoms with Crippen molar-refractivity contribution in [3.8, 4) is 11.5 Å². The molecular weight excluding hydrogens is 208 g/mol. The molecule has 0 aliphatic heterocycles. The molecule has 0 spiro atoms. The molecule has 1 aromatic rings. The van der Waals surface area contributed by atoms with Gasteiger partial charge in [-0.3, -0.25) is 4.79 Å². The van der Waals surface area contributed by atoms with Crippen LogP contribution in [0.25, 0.3) is 0 Å². The quantitative estimate of drug-likeness (QED) is 0.597. The van der Waals surface area contributed by atoms with Gasteiger partial charge in [0.2, 0.25) is 0 Å². The first-order valence-corrected chi connectivity index (χ1v) is 4.89. The van der Waals surface area contributed by atoms with Crippen molar-refractivity contribution in [1.29, 1.82) is 0 Å². The zero-order valence-electron chi connectivity index (χ0n) is 9.66. The molecule has 0 aliphatic carbocycles. The monoisotopic (exact) mass is 224 g/mol. The van der Waals surface area contributed by atoms with Crippen LogP contribution in [0.3, 0.4) is 0 Å². The Kier molecular flexibility index (Phi) is 3.60. The number of carbonyl (C=O) groups is 1. The van der Waals surface area contributed by atoms with Crippen LogP contribution in [-0.2, 0) is 0 Å². The normalized spacial score (nSPS) is 9.94. The summed E-state index contributed by atoms with van der Waals surface area (Å²) in [6.45, 7) is 1.76. The summed E-state index contributed by atoms with van der Waals surface area (Å²) in [7, 11) is 2.95.